The third-order valence-electron chi connectivity index (χ3n) is 2.90. The van der Waals surface area contributed by atoms with E-state index < -0.39 is 0 Å². The van der Waals surface area contributed by atoms with Gasteiger partial charge in [-0.1, -0.05) is 13.0 Å². The molecule has 0 bridgehead atoms. The number of aromatic nitrogens is 3. The molecule has 0 aliphatic heterocycles. The Bertz CT molecular complexity index is 536. The summed E-state index contributed by atoms with van der Waals surface area (Å²) in [4.78, 5) is 4.49. The van der Waals surface area contributed by atoms with E-state index in [1.54, 1.807) is 4.68 Å². The van der Waals surface area contributed by atoms with E-state index in [0.717, 1.165) is 27.8 Å². The molecule has 0 spiro atoms. The lowest BCUT2D eigenvalue weighted by Gasteiger charge is -2.11. The molecular weight excluding hydrogens is 339 g/mol. The molecular formula is C13H17IN4. The van der Waals surface area contributed by atoms with E-state index in [1.165, 1.54) is 5.56 Å². The Morgan fingerprint density at radius 1 is 1.44 bits per heavy atom. The highest BCUT2D eigenvalue weighted by molar-refractivity contribution is 14.1. The fourth-order valence-electron chi connectivity index (χ4n) is 1.84. The molecule has 0 aliphatic carbocycles. The number of pyridine rings is 1. The average Bonchev–Trinajstić information content (AvgIpc) is 2.75. The number of nitrogens with zero attached hydrogens (tertiary/aromatic N) is 3. The molecule has 1 atom stereocenters. The number of hydrogen-bond donors (Lipinski definition) is 1. The van der Waals surface area contributed by atoms with E-state index >= 15 is 0 Å². The normalized spacial score (nSPS) is 12.7. The number of halogens is 1. The van der Waals surface area contributed by atoms with Gasteiger partial charge in [0.2, 0.25) is 0 Å². The second kappa shape index (κ2) is 5.79. The maximum Gasteiger partial charge on any atom is 0.156 e. The Labute approximate surface area is 121 Å². The van der Waals surface area contributed by atoms with Gasteiger partial charge in [-0.25, -0.2) is 9.67 Å². The summed E-state index contributed by atoms with van der Waals surface area (Å²) in [5.41, 5.74) is 8.27. The first kappa shape index (κ1) is 13.5. The Hall–Kier alpha value is -0.950. The SMILES string of the molecule is CCC(N)Cc1cnc(-n2cc(I)cn2)c(C)c1. The summed E-state index contributed by atoms with van der Waals surface area (Å²) in [6.07, 6.45) is 7.54. The predicted molar refractivity (Wildman–Crippen MR) is 80.8 cm³/mol. The lowest BCUT2D eigenvalue weighted by Crippen LogP contribution is -2.21. The van der Waals surface area contributed by atoms with Crippen LogP contribution < -0.4 is 5.73 Å². The van der Waals surface area contributed by atoms with Crippen LogP contribution in [-0.4, -0.2) is 20.8 Å². The van der Waals surface area contributed by atoms with Crippen LogP contribution in [0.2, 0.25) is 0 Å². The van der Waals surface area contributed by atoms with Crippen LogP contribution in [-0.2, 0) is 6.42 Å². The molecule has 2 N–H and O–H groups in total. The molecule has 0 saturated heterocycles. The van der Waals surface area contributed by atoms with Gasteiger partial charge in [-0.2, -0.15) is 5.10 Å². The third kappa shape index (κ3) is 3.08. The second-order valence-corrected chi connectivity index (χ2v) is 5.71. The molecule has 0 aromatic carbocycles. The lowest BCUT2D eigenvalue weighted by atomic mass is 10.1. The Morgan fingerprint density at radius 3 is 2.78 bits per heavy atom. The van der Waals surface area contributed by atoms with Crippen molar-refractivity contribution in [2.45, 2.75) is 32.7 Å². The van der Waals surface area contributed by atoms with Crippen LogP contribution >= 0.6 is 22.6 Å². The molecule has 0 fully saturated rings. The van der Waals surface area contributed by atoms with Crippen LogP contribution in [0.25, 0.3) is 5.82 Å². The van der Waals surface area contributed by atoms with Crippen LogP contribution in [0.15, 0.2) is 24.7 Å². The minimum absolute atomic E-state index is 0.211. The van der Waals surface area contributed by atoms with Crippen molar-refractivity contribution in [2.75, 3.05) is 0 Å². The summed E-state index contributed by atoms with van der Waals surface area (Å²) in [5, 5.41) is 4.28. The summed E-state index contributed by atoms with van der Waals surface area (Å²) in [6.45, 7) is 4.16. The first-order chi connectivity index (χ1) is 8.60. The summed E-state index contributed by atoms with van der Waals surface area (Å²) >= 11 is 2.24. The van der Waals surface area contributed by atoms with Crippen molar-refractivity contribution in [3.8, 4) is 5.82 Å². The van der Waals surface area contributed by atoms with Gasteiger partial charge in [0.05, 0.1) is 9.77 Å². The van der Waals surface area contributed by atoms with Gasteiger partial charge in [-0.15, -0.1) is 0 Å². The molecule has 1 unspecified atom stereocenters. The number of nitrogens with two attached hydrogens (primary N) is 1. The maximum atomic E-state index is 5.96. The van der Waals surface area contributed by atoms with E-state index in [0.29, 0.717) is 0 Å². The van der Waals surface area contributed by atoms with Crippen LogP contribution in [0, 0.1) is 10.5 Å². The first-order valence-electron chi connectivity index (χ1n) is 6.01. The number of aryl methyl sites for hydroxylation is 1. The van der Waals surface area contributed by atoms with Gasteiger partial charge in [0.25, 0.3) is 0 Å². The molecule has 2 aromatic rings. The quantitative estimate of drug-likeness (QED) is 0.857. The van der Waals surface area contributed by atoms with Crippen molar-refractivity contribution in [1.82, 2.24) is 14.8 Å². The van der Waals surface area contributed by atoms with Gasteiger partial charge in [-0.05, 0) is 53.5 Å². The predicted octanol–water partition coefficient (Wildman–Crippen LogP) is 2.46. The highest BCUT2D eigenvalue weighted by atomic mass is 127. The van der Waals surface area contributed by atoms with Gasteiger partial charge in [0, 0.05) is 18.4 Å². The Kier molecular flexibility index (Phi) is 4.34. The minimum Gasteiger partial charge on any atom is -0.327 e. The van der Waals surface area contributed by atoms with E-state index in [-0.39, 0.29) is 6.04 Å². The summed E-state index contributed by atoms with van der Waals surface area (Å²) < 4.78 is 2.91. The molecule has 18 heavy (non-hydrogen) atoms. The number of rotatable bonds is 4. The molecule has 0 aliphatic rings. The van der Waals surface area contributed by atoms with Gasteiger partial charge in [0.15, 0.2) is 5.82 Å². The van der Waals surface area contributed by atoms with Gasteiger partial charge in [0.1, 0.15) is 0 Å². The van der Waals surface area contributed by atoms with E-state index in [1.807, 2.05) is 18.6 Å². The molecule has 4 nitrogen and oxygen atoms in total. The van der Waals surface area contributed by atoms with Gasteiger partial charge >= 0.3 is 0 Å². The largest absolute Gasteiger partial charge is 0.327 e. The Balaban J connectivity index is 2.25. The first-order valence-corrected chi connectivity index (χ1v) is 7.09. The van der Waals surface area contributed by atoms with E-state index in [9.17, 15) is 0 Å². The van der Waals surface area contributed by atoms with Crippen LogP contribution in [0.1, 0.15) is 24.5 Å². The zero-order valence-corrected chi connectivity index (χ0v) is 12.8. The van der Waals surface area contributed by atoms with E-state index in [4.69, 9.17) is 5.73 Å². The maximum absolute atomic E-state index is 5.96. The molecule has 0 radical (unpaired) electrons. The van der Waals surface area contributed by atoms with Crippen molar-refractivity contribution >= 4 is 22.6 Å². The van der Waals surface area contributed by atoms with Gasteiger partial charge < -0.3 is 5.73 Å². The minimum atomic E-state index is 0.211. The molecule has 2 aromatic heterocycles. The monoisotopic (exact) mass is 356 g/mol. The van der Waals surface area contributed by atoms with Crippen molar-refractivity contribution in [3.05, 3.63) is 39.4 Å². The molecule has 2 heterocycles. The second-order valence-electron chi connectivity index (χ2n) is 4.46. The Morgan fingerprint density at radius 2 is 2.22 bits per heavy atom. The zero-order valence-electron chi connectivity index (χ0n) is 10.6. The van der Waals surface area contributed by atoms with E-state index in [2.05, 4.69) is 52.6 Å². The molecule has 2 rings (SSSR count). The summed E-state index contributed by atoms with van der Waals surface area (Å²) in [5.74, 6) is 0.881. The molecule has 0 saturated carbocycles. The number of hydrogen-bond acceptors (Lipinski definition) is 3. The fourth-order valence-corrected chi connectivity index (χ4v) is 2.23. The van der Waals surface area contributed by atoms with Crippen molar-refractivity contribution in [2.24, 2.45) is 5.73 Å². The summed E-state index contributed by atoms with van der Waals surface area (Å²) in [6, 6.07) is 2.36. The zero-order chi connectivity index (χ0) is 13.1. The highest BCUT2D eigenvalue weighted by Crippen LogP contribution is 2.14. The van der Waals surface area contributed by atoms with Gasteiger partial charge in [-0.3, -0.25) is 0 Å². The fraction of sp³-hybridized carbons (Fsp3) is 0.385. The van der Waals surface area contributed by atoms with Crippen LogP contribution in [0.5, 0.6) is 0 Å². The van der Waals surface area contributed by atoms with Crippen LogP contribution in [0.3, 0.4) is 0 Å². The van der Waals surface area contributed by atoms with Crippen molar-refractivity contribution in [3.63, 3.8) is 0 Å². The molecule has 96 valence electrons. The molecule has 5 heteroatoms. The third-order valence-corrected chi connectivity index (χ3v) is 3.45. The van der Waals surface area contributed by atoms with Crippen molar-refractivity contribution in [1.29, 1.82) is 0 Å². The van der Waals surface area contributed by atoms with Crippen molar-refractivity contribution < 1.29 is 0 Å². The highest BCUT2D eigenvalue weighted by Gasteiger charge is 2.07. The standard InChI is InChI=1S/C13H17IN4/c1-3-12(15)5-10-4-9(2)13(16-6-10)18-8-11(14)7-17-18/h4,6-8,12H,3,5,15H2,1-2H3. The van der Waals surface area contributed by atoms with Crippen LogP contribution in [0.4, 0.5) is 0 Å². The summed E-state index contributed by atoms with van der Waals surface area (Å²) in [7, 11) is 0. The average molecular weight is 356 g/mol. The topological polar surface area (TPSA) is 56.7 Å². The smallest absolute Gasteiger partial charge is 0.156 e. The molecule has 0 amide bonds. The lowest BCUT2D eigenvalue weighted by molar-refractivity contribution is 0.644.